The van der Waals surface area contributed by atoms with Crippen molar-refractivity contribution < 1.29 is 9.47 Å². The van der Waals surface area contributed by atoms with E-state index in [1.165, 1.54) is 4.88 Å². The van der Waals surface area contributed by atoms with E-state index in [2.05, 4.69) is 32.9 Å². The normalized spacial score (nSPS) is 19.4. The van der Waals surface area contributed by atoms with Gasteiger partial charge in [-0.05, 0) is 36.1 Å². The molecular weight excluding hydrogens is 324 g/mol. The summed E-state index contributed by atoms with van der Waals surface area (Å²) in [6.45, 7) is 0. The topological polar surface area (TPSA) is 61.2 Å². The van der Waals surface area contributed by atoms with E-state index in [4.69, 9.17) is 9.47 Å². The Kier molecular flexibility index (Phi) is 3.86. The molecule has 2 atom stereocenters. The van der Waals surface area contributed by atoms with Crippen LogP contribution in [0, 0.1) is 0 Å². The zero-order chi connectivity index (χ0) is 16.5. The molecule has 3 aromatic rings. The first-order valence-electron chi connectivity index (χ1n) is 7.71. The quantitative estimate of drug-likeness (QED) is 0.786. The van der Waals surface area contributed by atoms with Crippen molar-refractivity contribution >= 4 is 17.3 Å². The van der Waals surface area contributed by atoms with E-state index in [9.17, 15) is 0 Å². The minimum atomic E-state index is 0.0286. The predicted octanol–water partition coefficient (Wildman–Crippen LogP) is 3.50. The third kappa shape index (κ3) is 2.50. The van der Waals surface area contributed by atoms with Gasteiger partial charge in [-0.3, -0.25) is 0 Å². The van der Waals surface area contributed by atoms with Crippen molar-refractivity contribution in [1.29, 1.82) is 0 Å². The van der Waals surface area contributed by atoms with Gasteiger partial charge in [0.15, 0.2) is 0 Å². The van der Waals surface area contributed by atoms with Crippen molar-refractivity contribution in [2.45, 2.75) is 18.5 Å². The Bertz CT molecular complexity index is 831. The van der Waals surface area contributed by atoms with Crippen LogP contribution in [0.1, 0.15) is 28.9 Å². The maximum Gasteiger partial charge on any atom is 0.222 e. The van der Waals surface area contributed by atoms with Crippen molar-refractivity contribution in [3.8, 4) is 11.5 Å². The van der Waals surface area contributed by atoms with Crippen LogP contribution in [-0.4, -0.2) is 29.0 Å². The molecule has 3 heterocycles. The Hall–Kier alpha value is -2.54. The van der Waals surface area contributed by atoms with Gasteiger partial charge in [-0.25, -0.2) is 4.68 Å². The SMILES string of the molecule is COc1ccc(OC)c(C2CC(c3cccs3)Nc3ncnn32)c1. The van der Waals surface area contributed by atoms with E-state index in [1.54, 1.807) is 31.9 Å². The molecule has 0 fully saturated rings. The Morgan fingerprint density at radius 3 is 2.92 bits per heavy atom. The lowest BCUT2D eigenvalue weighted by atomic mass is 9.96. The molecule has 4 rings (SSSR count). The predicted molar refractivity (Wildman–Crippen MR) is 93.0 cm³/mol. The maximum atomic E-state index is 5.58. The Morgan fingerprint density at radius 2 is 2.17 bits per heavy atom. The first kappa shape index (κ1) is 15.0. The van der Waals surface area contributed by atoms with Crippen LogP contribution in [0.3, 0.4) is 0 Å². The number of nitrogens with one attached hydrogen (secondary N) is 1. The molecule has 0 saturated heterocycles. The third-order valence-electron chi connectivity index (χ3n) is 4.31. The number of thiophene rings is 1. The largest absolute Gasteiger partial charge is 0.497 e. The number of hydrogen-bond acceptors (Lipinski definition) is 6. The van der Waals surface area contributed by atoms with Crippen molar-refractivity contribution in [2.75, 3.05) is 19.5 Å². The van der Waals surface area contributed by atoms with Crippen LogP contribution in [0.4, 0.5) is 5.95 Å². The molecule has 2 aromatic heterocycles. The van der Waals surface area contributed by atoms with Crippen LogP contribution in [0.2, 0.25) is 0 Å². The first-order chi connectivity index (χ1) is 11.8. The lowest BCUT2D eigenvalue weighted by Crippen LogP contribution is -2.28. The minimum Gasteiger partial charge on any atom is -0.497 e. The van der Waals surface area contributed by atoms with E-state index in [1.807, 2.05) is 22.9 Å². The standard InChI is InChI=1S/C17H18N4O2S/c1-22-11-5-6-15(23-2)12(8-11)14-9-13(16-4-3-7-24-16)20-17-18-10-19-21(14)17/h3-8,10,13-14H,9H2,1-2H3,(H,18,19,20). The molecule has 0 aliphatic carbocycles. The molecule has 24 heavy (non-hydrogen) atoms. The highest BCUT2D eigenvalue weighted by molar-refractivity contribution is 7.10. The number of hydrogen-bond donors (Lipinski definition) is 1. The lowest BCUT2D eigenvalue weighted by molar-refractivity contribution is 0.374. The summed E-state index contributed by atoms with van der Waals surface area (Å²) >= 11 is 1.75. The monoisotopic (exact) mass is 342 g/mol. The molecule has 1 aromatic carbocycles. The fourth-order valence-electron chi connectivity index (χ4n) is 3.15. The zero-order valence-corrected chi connectivity index (χ0v) is 14.3. The highest BCUT2D eigenvalue weighted by Gasteiger charge is 2.32. The summed E-state index contributed by atoms with van der Waals surface area (Å²) in [5.74, 6) is 2.40. The van der Waals surface area contributed by atoms with Gasteiger partial charge >= 0.3 is 0 Å². The van der Waals surface area contributed by atoms with Crippen LogP contribution < -0.4 is 14.8 Å². The van der Waals surface area contributed by atoms with E-state index in [0.717, 1.165) is 29.4 Å². The van der Waals surface area contributed by atoms with Crippen molar-refractivity contribution in [3.05, 3.63) is 52.5 Å². The number of methoxy groups -OCH3 is 2. The fraction of sp³-hybridized carbons (Fsp3) is 0.294. The average molecular weight is 342 g/mol. The number of nitrogens with zero attached hydrogens (tertiary/aromatic N) is 3. The molecule has 0 amide bonds. The molecule has 6 nitrogen and oxygen atoms in total. The number of rotatable bonds is 4. The molecule has 0 spiro atoms. The molecule has 0 saturated carbocycles. The number of anilines is 1. The Balaban J connectivity index is 1.79. The van der Waals surface area contributed by atoms with Crippen LogP contribution in [0.5, 0.6) is 11.5 Å². The van der Waals surface area contributed by atoms with Gasteiger partial charge in [0.2, 0.25) is 5.95 Å². The summed E-state index contributed by atoms with van der Waals surface area (Å²) in [5.41, 5.74) is 1.05. The molecule has 2 unspecified atom stereocenters. The minimum absolute atomic E-state index is 0.0286. The van der Waals surface area contributed by atoms with Crippen LogP contribution >= 0.6 is 11.3 Å². The Morgan fingerprint density at radius 1 is 1.25 bits per heavy atom. The van der Waals surface area contributed by atoms with E-state index >= 15 is 0 Å². The second-order valence-corrected chi connectivity index (χ2v) is 6.58. The lowest BCUT2D eigenvalue weighted by Gasteiger charge is -2.31. The molecule has 1 aliphatic heterocycles. The smallest absolute Gasteiger partial charge is 0.222 e. The summed E-state index contributed by atoms with van der Waals surface area (Å²) in [7, 11) is 3.36. The number of aromatic nitrogens is 3. The molecule has 0 radical (unpaired) electrons. The molecule has 124 valence electrons. The molecule has 7 heteroatoms. The summed E-state index contributed by atoms with van der Waals surface area (Å²) in [4.78, 5) is 5.65. The third-order valence-corrected chi connectivity index (χ3v) is 5.30. The maximum absolute atomic E-state index is 5.58. The molecule has 1 N–H and O–H groups in total. The first-order valence-corrected chi connectivity index (χ1v) is 8.59. The second kappa shape index (κ2) is 6.16. The number of fused-ring (bicyclic) bond motifs is 1. The summed E-state index contributed by atoms with van der Waals surface area (Å²) in [6.07, 6.45) is 2.44. The van der Waals surface area contributed by atoms with Gasteiger partial charge in [-0.2, -0.15) is 10.1 Å². The van der Waals surface area contributed by atoms with Crippen molar-refractivity contribution in [3.63, 3.8) is 0 Å². The van der Waals surface area contributed by atoms with Gasteiger partial charge in [0.05, 0.1) is 26.3 Å². The van der Waals surface area contributed by atoms with Gasteiger partial charge < -0.3 is 14.8 Å². The molecule has 0 bridgehead atoms. The fourth-order valence-corrected chi connectivity index (χ4v) is 3.95. The average Bonchev–Trinajstić information content (AvgIpc) is 3.31. The van der Waals surface area contributed by atoms with Crippen LogP contribution in [0.15, 0.2) is 42.0 Å². The molecule has 1 aliphatic rings. The van der Waals surface area contributed by atoms with Gasteiger partial charge in [-0.1, -0.05) is 6.07 Å². The highest BCUT2D eigenvalue weighted by Crippen LogP contribution is 2.42. The number of ether oxygens (including phenoxy) is 2. The summed E-state index contributed by atoms with van der Waals surface area (Å²) in [6, 6.07) is 10.3. The Labute approximate surface area is 144 Å². The zero-order valence-electron chi connectivity index (χ0n) is 13.5. The van der Waals surface area contributed by atoms with Gasteiger partial charge in [-0.15, -0.1) is 11.3 Å². The second-order valence-electron chi connectivity index (χ2n) is 5.60. The van der Waals surface area contributed by atoms with Crippen molar-refractivity contribution in [2.24, 2.45) is 0 Å². The van der Waals surface area contributed by atoms with E-state index < -0.39 is 0 Å². The van der Waals surface area contributed by atoms with E-state index in [-0.39, 0.29) is 12.1 Å². The van der Waals surface area contributed by atoms with Gasteiger partial charge in [0.25, 0.3) is 0 Å². The van der Waals surface area contributed by atoms with Gasteiger partial charge in [0, 0.05) is 10.4 Å². The van der Waals surface area contributed by atoms with Crippen LogP contribution in [0.25, 0.3) is 0 Å². The highest BCUT2D eigenvalue weighted by atomic mass is 32.1. The summed E-state index contributed by atoms with van der Waals surface area (Å²) in [5, 5.41) is 9.98. The molecular formula is C17H18N4O2S. The number of benzene rings is 1. The van der Waals surface area contributed by atoms with Crippen LogP contribution in [-0.2, 0) is 0 Å². The summed E-state index contributed by atoms with van der Waals surface area (Å²) < 4.78 is 12.9. The van der Waals surface area contributed by atoms with Gasteiger partial charge in [0.1, 0.15) is 17.8 Å². The van der Waals surface area contributed by atoms with Crippen molar-refractivity contribution in [1.82, 2.24) is 14.8 Å². The van der Waals surface area contributed by atoms with E-state index in [0.29, 0.717) is 0 Å².